The van der Waals surface area contributed by atoms with Gasteiger partial charge in [-0.25, -0.2) is 4.98 Å². The third-order valence-corrected chi connectivity index (χ3v) is 3.03. The molecular weight excluding hydrogens is 222 g/mol. The Morgan fingerprint density at radius 1 is 1.50 bits per heavy atom. The Labute approximate surface area is 101 Å². The van der Waals surface area contributed by atoms with Crippen LogP contribution in [0.25, 0.3) is 0 Å². The molecule has 1 N–H and O–H groups in total. The van der Waals surface area contributed by atoms with Crippen molar-refractivity contribution in [3.8, 4) is 0 Å². The molecule has 0 amide bonds. The van der Waals surface area contributed by atoms with Gasteiger partial charge in [0.25, 0.3) is 0 Å². The van der Waals surface area contributed by atoms with Gasteiger partial charge in [-0.15, -0.1) is 0 Å². The van der Waals surface area contributed by atoms with Crippen molar-refractivity contribution in [2.75, 3.05) is 27.2 Å². The van der Waals surface area contributed by atoms with Crippen LogP contribution >= 0.6 is 12.2 Å². The number of aromatic nitrogens is 2. The van der Waals surface area contributed by atoms with Crippen molar-refractivity contribution >= 4 is 12.2 Å². The van der Waals surface area contributed by atoms with Gasteiger partial charge >= 0.3 is 0 Å². The first-order valence-corrected chi connectivity index (χ1v) is 5.91. The summed E-state index contributed by atoms with van der Waals surface area (Å²) < 4.78 is 6.08. The van der Waals surface area contributed by atoms with E-state index in [4.69, 9.17) is 17.0 Å². The lowest BCUT2D eigenvalue weighted by Gasteiger charge is -2.17. The second kappa shape index (κ2) is 5.03. The van der Waals surface area contributed by atoms with Crippen LogP contribution in [0.3, 0.4) is 0 Å². The number of hydrogen-bond donors (Lipinski definition) is 1. The van der Waals surface area contributed by atoms with Gasteiger partial charge in [-0.2, -0.15) is 0 Å². The Morgan fingerprint density at radius 2 is 2.31 bits per heavy atom. The molecule has 0 aliphatic carbocycles. The largest absolute Gasteiger partial charge is 0.376 e. The summed E-state index contributed by atoms with van der Waals surface area (Å²) in [5.74, 6) is 0.986. The number of fused-ring (bicyclic) bond motifs is 1. The summed E-state index contributed by atoms with van der Waals surface area (Å²) in [5, 5.41) is 0. The smallest absolute Gasteiger partial charge is 0.135 e. The standard InChI is InChI=1S/C11H17N3OS/c1-14(2)5-3-10-12-9-4-6-15-7-8(9)11(16)13-10/h3-7H2,1-2H3,(H,12,13,16). The van der Waals surface area contributed by atoms with Gasteiger partial charge in [0, 0.05) is 30.6 Å². The Morgan fingerprint density at radius 3 is 3.06 bits per heavy atom. The highest BCUT2D eigenvalue weighted by atomic mass is 32.1. The lowest BCUT2D eigenvalue weighted by Crippen LogP contribution is -2.19. The zero-order chi connectivity index (χ0) is 11.5. The van der Waals surface area contributed by atoms with Gasteiger partial charge < -0.3 is 14.6 Å². The molecule has 0 saturated carbocycles. The number of nitrogens with zero attached hydrogens (tertiary/aromatic N) is 2. The first kappa shape index (κ1) is 11.7. The van der Waals surface area contributed by atoms with Crippen LogP contribution in [-0.2, 0) is 24.2 Å². The summed E-state index contributed by atoms with van der Waals surface area (Å²) in [7, 11) is 4.11. The first-order valence-electron chi connectivity index (χ1n) is 5.50. The fourth-order valence-electron chi connectivity index (χ4n) is 1.76. The minimum absolute atomic E-state index is 0.603. The van der Waals surface area contributed by atoms with Crippen molar-refractivity contribution in [1.29, 1.82) is 0 Å². The molecule has 0 aromatic carbocycles. The van der Waals surface area contributed by atoms with Crippen LogP contribution in [0.4, 0.5) is 0 Å². The quantitative estimate of drug-likeness (QED) is 0.808. The summed E-state index contributed by atoms with van der Waals surface area (Å²) in [6.07, 6.45) is 1.82. The molecule has 2 rings (SSSR count). The number of hydrogen-bond acceptors (Lipinski definition) is 4. The second-order valence-electron chi connectivity index (χ2n) is 4.30. The van der Waals surface area contributed by atoms with E-state index in [0.717, 1.165) is 37.4 Å². The maximum atomic E-state index is 5.38. The van der Waals surface area contributed by atoms with Crippen LogP contribution in [0.2, 0.25) is 0 Å². The highest BCUT2D eigenvalue weighted by Crippen LogP contribution is 2.15. The predicted molar refractivity (Wildman–Crippen MR) is 65.0 cm³/mol. The Bertz CT molecular complexity index is 428. The molecule has 0 unspecified atom stereocenters. The number of H-pyrrole nitrogens is 1. The molecule has 1 aliphatic rings. The van der Waals surface area contributed by atoms with Crippen LogP contribution in [0.1, 0.15) is 17.1 Å². The number of rotatable bonds is 3. The summed E-state index contributed by atoms with van der Waals surface area (Å²) in [4.78, 5) is 9.93. The molecule has 16 heavy (non-hydrogen) atoms. The van der Waals surface area contributed by atoms with Crippen molar-refractivity contribution in [3.05, 3.63) is 21.7 Å². The Kier molecular flexibility index (Phi) is 3.68. The Hall–Kier alpha value is -0.780. The SMILES string of the molecule is CN(C)CCc1nc(=S)c2c([nH]1)CCOC2. The normalized spacial score (nSPS) is 15.2. The van der Waals surface area contributed by atoms with E-state index in [1.165, 1.54) is 5.69 Å². The van der Waals surface area contributed by atoms with Gasteiger partial charge in [-0.05, 0) is 14.1 Å². The molecule has 0 fully saturated rings. The van der Waals surface area contributed by atoms with Crippen LogP contribution in [0.15, 0.2) is 0 Å². The molecule has 0 spiro atoms. The number of nitrogens with one attached hydrogen (secondary N) is 1. The van der Waals surface area contributed by atoms with E-state index in [9.17, 15) is 0 Å². The van der Waals surface area contributed by atoms with Gasteiger partial charge in [-0.3, -0.25) is 0 Å². The molecule has 5 heteroatoms. The van der Waals surface area contributed by atoms with Crippen molar-refractivity contribution in [2.24, 2.45) is 0 Å². The average Bonchev–Trinajstić information content (AvgIpc) is 2.26. The maximum Gasteiger partial charge on any atom is 0.135 e. The van der Waals surface area contributed by atoms with E-state index in [2.05, 4.69) is 29.0 Å². The average molecular weight is 239 g/mol. The van der Waals surface area contributed by atoms with Crippen LogP contribution in [0.5, 0.6) is 0 Å². The van der Waals surface area contributed by atoms with Gasteiger partial charge in [0.05, 0.1) is 13.2 Å². The van der Waals surface area contributed by atoms with Gasteiger partial charge in [0.15, 0.2) is 0 Å². The molecule has 2 heterocycles. The highest BCUT2D eigenvalue weighted by molar-refractivity contribution is 7.71. The van der Waals surface area contributed by atoms with Gasteiger partial charge in [-0.1, -0.05) is 12.2 Å². The number of likely N-dealkylation sites (N-methyl/N-ethyl adjacent to an activating group) is 1. The van der Waals surface area contributed by atoms with Crippen LogP contribution in [0, 0.1) is 4.64 Å². The zero-order valence-electron chi connectivity index (χ0n) is 9.75. The summed E-state index contributed by atoms with van der Waals surface area (Å²) >= 11 is 5.28. The van der Waals surface area contributed by atoms with E-state index in [-0.39, 0.29) is 0 Å². The van der Waals surface area contributed by atoms with Crippen LogP contribution in [-0.4, -0.2) is 42.1 Å². The zero-order valence-corrected chi connectivity index (χ0v) is 10.6. The van der Waals surface area contributed by atoms with Crippen LogP contribution < -0.4 is 0 Å². The number of aromatic amines is 1. The number of ether oxygens (including phenoxy) is 1. The van der Waals surface area contributed by atoms with Crippen molar-refractivity contribution in [3.63, 3.8) is 0 Å². The molecule has 0 atom stereocenters. The van der Waals surface area contributed by atoms with E-state index in [1.54, 1.807) is 0 Å². The molecule has 1 aromatic rings. The third kappa shape index (κ3) is 2.66. The Balaban J connectivity index is 2.22. The topological polar surface area (TPSA) is 41.2 Å². The summed E-state index contributed by atoms with van der Waals surface area (Å²) in [5.41, 5.74) is 2.27. The summed E-state index contributed by atoms with van der Waals surface area (Å²) in [6.45, 7) is 2.36. The van der Waals surface area contributed by atoms with Gasteiger partial charge in [0.1, 0.15) is 10.5 Å². The fourth-order valence-corrected chi connectivity index (χ4v) is 2.05. The molecule has 1 aliphatic heterocycles. The molecule has 4 nitrogen and oxygen atoms in total. The molecule has 0 saturated heterocycles. The minimum atomic E-state index is 0.603. The monoisotopic (exact) mass is 239 g/mol. The first-order chi connectivity index (χ1) is 7.66. The van der Waals surface area contributed by atoms with E-state index in [1.807, 2.05) is 0 Å². The molecule has 0 radical (unpaired) electrons. The molecule has 1 aromatic heterocycles. The highest BCUT2D eigenvalue weighted by Gasteiger charge is 2.13. The maximum absolute atomic E-state index is 5.38. The third-order valence-electron chi connectivity index (χ3n) is 2.69. The van der Waals surface area contributed by atoms with E-state index < -0.39 is 0 Å². The minimum Gasteiger partial charge on any atom is -0.376 e. The van der Waals surface area contributed by atoms with Crippen molar-refractivity contribution < 1.29 is 4.74 Å². The second-order valence-corrected chi connectivity index (χ2v) is 4.69. The molecule has 0 bridgehead atoms. The lowest BCUT2D eigenvalue weighted by molar-refractivity contribution is 0.108. The molecular formula is C11H17N3OS. The van der Waals surface area contributed by atoms with Crippen molar-refractivity contribution in [2.45, 2.75) is 19.4 Å². The molecule has 88 valence electrons. The summed E-state index contributed by atoms with van der Waals surface area (Å²) in [6, 6.07) is 0. The lowest BCUT2D eigenvalue weighted by atomic mass is 10.1. The van der Waals surface area contributed by atoms with E-state index >= 15 is 0 Å². The van der Waals surface area contributed by atoms with E-state index in [0.29, 0.717) is 11.2 Å². The fraction of sp³-hybridized carbons (Fsp3) is 0.636. The van der Waals surface area contributed by atoms with Gasteiger partial charge in [0.2, 0.25) is 0 Å². The van der Waals surface area contributed by atoms with Crippen molar-refractivity contribution in [1.82, 2.24) is 14.9 Å². The predicted octanol–water partition coefficient (Wildman–Crippen LogP) is 1.32.